The molecule has 1 fully saturated rings. The van der Waals surface area contributed by atoms with E-state index in [0.29, 0.717) is 42.5 Å². The van der Waals surface area contributed by atoms with Gasteiger partial charge in [0.2, 0.25) is 0 Å². The Kier molecular flexibility index (Phi) is 6.52. The minimum absolute atomic E-state index is 0.0530. The van der Waals surface area contributed by atoms with Gasteiger partial charge in [-0.1, -0.05) is 19.9 Å². The third-order valence-corrected chi connectivity index (χ3v) is 6.77. The molecule has 2 aliphatic rings. The average Bonchev–Trinajstić information content (AvgIpc) is 2.97. The molecule has 4 rings (SSSR count). The minimum Gasteiger partial charge on any atom is -0.362 e. The van der Waals surface area contributed by atoms with E-state index in [1.54, 1.807) is 25.3 Å². The van der Waals surface area contributed by atoms with Gasteiger partial charge < -0.3 is 10.2 Å². The van der Waals surface area contributed by atoms with E-state index < -0.39 is 17.3 Å². The average molecular weight is 471 g/mol. The van der Waals surface area contributed by atoms with E-state index in [1.807, 2.05) is 4.90 Å². The van der Waals surface area contributed by atoms with Gasteiger partial charge in [-0.3, -0.25) is 9.98 Å². The van der Waals surface area contributed by atoms with Crippen LogP contribution in [-0.4, -0.2) is 29.4 Å². The lowest BCUT2D eigenvalue weighted by molar-refractivity contribution is -0.139. The molecule has 34 heavy (non-hydrogen) atoms. The Hall–Kier alpha value is -3.15. The van der Waals surface area contributed by atoms with Crippen molar-refractivity contribution in [1.82, 2.24) is 15.3 Å². The zero-order chi connectivity index (χ0) is 24.5. The zero-order valence-corrected chi connectivity index (χ0v) is 19.6. The molecule has 9 heteroatoms. The standard InChI is InChI=1S/C25H29F3N6/c1-16(2)11-18-14-34(10-8-17(18)12-29)22-7-6-20(25(26,27)28)23(33-22)24(3)19-5-4-9-31-21(19)13-30-15-32-24/h4-7,9,15-18H,8,10-11,13-14H2,1-3H3,(H,30,32). The number of halogens is 3. The van der Waals surface area contributed by atoms with Crippen LogP contribution < -0.4 is 10.2 Å². The highest BCUT2D eigenvalue weighted by atomic mass is 19.4. The first-order valence-corrected chi connectivity index (χ1v) is 11.6. The highest BCUT2D eigenvalue weighted by Gasteiger charge is 2.44. The number of hydrogen-bond donors (Lipinski definition) is 1. The minimum atomic E-state index is -4.58. The first-order valence-electron chi connectivity index (χ1n) is 11.6. The number of rotatable bonds is 4. The second-order valence-electron chi connectivity index (χ2n) is 9.66. The summed E-state index contributed by atoms with van der Waals surface area (Å²) in [7, 11) is 0. The van der Waals surface area contributed by atoms with Crippen LogP contribution in [0.25, 0.3) is 0 Å². The molecular weight excluding hydrogens is 441 g/mol. The van der Waals surface area contributed by atoms with Crippen molar-refractivity contribution in [2.24, 2.45) is 22.7 Å². The number of nitriles is 1. The lowest BCUT2D eigenvalue weighted by atomic mass is 9.81. The third kappa shape index (κ3) is 4.59. The molecule has 2 aromatic heterocycles. The Balaban J connectivity index is 1.80. The van der Waals surface area contributed by atoms with Crippen LogP contribution in [0.15, 0.2) is 35.5 Å². The van der Waals surface area contributed by atoms with E-state index in [9.17, 15) is 18.4 Å². The summed E-state index contributed by atoms with van der Waals surface area (Å²) in [5.74, 6) is 1.01. The number of anilines is 1. The summed E-state index contributed by atoms with van der Waals surface area (Å²) in [4.78, 5) is 15.3. The van der Waals surface area contributed by atoms with Crippen LogP contribution >= 0.6 is 0 Å². The number of aliphatic imine (C=N–C) groups is 1. The van der Waals surface area contributed by atoms with Crippen molar-refractivity contribution in [3.8, 4) is 6.07 Å². The van der Waals surface area contributed by atoms with Crippen LogP contribution in [-0.2, 0) is 18.3 Å². The van der Waals surface area contributed by atoms with Gasteiger partial charge in [-0.25, -0.2) is 4.98 Å². The molecule has 2 aliphatic heterocycles. The van der Waals surface area contributed by atoms with Gasteiger partial charge in [0, 0.05) is 24.8 Å². The fourth-order valence-corrected chi connectivity index (χ4v) is 5.09. The lowest BCUT2D eigenvalue weighted by Crippen LogP contribution is -2.44. The van der Waals surface area contributed by atoms with Crippen LogP contribution in [0, 0.1) is 29.1 Å². The maximum atomic E-state index is 14.2. The summed E-state index contributed by atoms with van der Waals surface area (Å²) >= 11 is 0. The summed E-state index contributed by atoms with van der Waals surface area (Å²) < 4.78 is 42.5. The van der Waals surface area contributed by atoms with E-state index in [-0.39, 0.29) is 24.1 Å². The summed E-state index contributed by atoms with van der Waals surface area (Å²) in [6.45, 7) is 7.38. The summed E-state index contributed by atoms with van der Waals surface area (Å²) in [6, 6.07) is 8.48. The van der Waals surface area contributed by atoms with Gasteiger partial charge in [-0.2, -0.15) is 18.4 Å². The Morgan fingerprint density at radius 1 is 1.29 bits per heavy atom. The Labute approximate surface area is 197 Å². The Morgan fingerprint density at radius 2 is 2.09 bits per heavy atom. The molecular formula is C25H29F3N6. The van der Waals surface area contributed by atoms with Crippen molar-refractivity contribution >= 4 is 12.2 Å². The normalized spacial score (nSPS) is 24.8. The van der Waals surface area contributed by atoms with Gasteiger partial charge in [0.15, 0.2) is 0 Å². The van der Waals surface area contributed by atoms with Crippen LogP contribution in [0.5, 0.6) is 0 Å². The maximum absolute atomic E-state index is 14.2. The predicted octanol–water partition coefficient (Wildman–Crippen LogP) is 4.90. The number of alkyl halides is 3. The molecule has 0 saturated carbocycles. The molecule has 1 saturated heterocycles. The summed E-state index contributed by atoms with van der Waals surface area (Å²) in [5, 5.41) is 12.7. The van der Waals surface area contributed by atoms with E-state index in [2.05, 4.69) is 40.2 Å². The van der Waals surface area contributed by atoms with Crippen molar-refractivity contribution in [3.05, 3.63) is 53.0 Å². The number of piperidine rings is 1. The molecule has 0 aromatic carbocycles. The van der Waals surface area contributed by atoms with Crippen molar-refractivity contribution in [1.29, 1.82) is 5.26 Å². The lowest BCUT2D eigenvalue weighted by Gasteiger charge is -2.38. The maximum Gasteiger partial charge on any atom is 0.418 e. The van der Waals surface area contributed by atoms with Crippen LogP contribution in [0.2, 0.25) is 0 Å². The van der Waals surface area contributed by atoms with E-state index in [0.717, 1.165) is 12.5 Å². The fraction of sp³-hybridized carbons (Fsp3) is 0.520. The number of nitrogens with zero attached hydrogens (tertiary/aromatic N) is 5. The molecule has 3 unspecified atom stereocenters. The zero-order valence-electron chi connectivity index (χ0n) is 19.6. The SMILES string of the molecule is CC(C)CC1CN(c2ccc(C(F)(F)F)c(C3(C)NC=NCc4ncccc43)n2)CCC1C#N. The number of fused-ring (bicyclic) bond motifs is 1. The van der Waals surface area contributed by atoms with Gasteiger partial charge >= 0.3 is 6.18 Å². The number of pyridine rings is 2. The summed E-state index contributed by atoms with van der Waals surface area (Å²) in [5.41, 5.74) is -0.945. The van der Waals surface area contributed by atoms with Crippen molar-refractivity contribution < 1.29 is 13.2 Å². The monoisotopic (exact) mass is 470 g/mol. The molecule has 0 aliphatic carbocycles. The molecule has 0 amide bonds. The Morgan fingerprint density at radius 3 is 2.79 bits per heavy atom. The highest BCUT2D eigenvalue weighted by Crippen LogP contribution is 2.41. The Bertz CT molecular complexity index is 1110. The smallest absolute Gasteiger partial charge is 0.362 e. The van der Waals surface area contributed by atoms with Gasteiger partial charge in [0.1, 0.15) is 11.4 Å². The first-order chi connectivity index (χ1) is 16.1. The van der Waals surface area contributed by atoms with Crippen LogP contribution in [0.4, 0.5) is 19.0 Å². The third-order valence-electron chi connectivity index (χ3n) is 6.77. The molecule has 180 valence electrons. The topological polar surface area (TPSA) is 77.2 Å². The molecule has 0 bridgehead atoms. The molecule has 6 nitrogen and oxygen atoms in total. The number of aromatic nitrogens is 2. The summed E-state index contributed by atoms with van der Waals surface area (Å²) in [6.07, 6.45) is 0.0271. The molecule has 1 N–H and O–H groups in total. The van der Waals surface area contributed by atoms with Gasteiger partial charge in [-0.15, -0.1) is 0 Å². The fourth-order valence-electron chi connectivity index (χ4n) is 5.09. The highest BCUT2D eigenvalue weighted by molar-refractivity contribution is 5.61. The molecule has 0 spiro atoms. The largest absolute Gasteiger partial charge is 0.418 e. The number of hydrogen-bond acceptors (Lipinski definition) is 6. The second-order valence-corrected chi connectivity index (χ2v) is 9.66. The molecule has 2 aromatic rings. The van der Waals surface area contributed by atoms with E-state index in [1.165, 1.54) is 12.4 Å². The molecule has 3 atom stereocenters. The number of nitrogens with one attached hydrogen (secondary N) is 1. The van der Waals surface area contributed by atoms with Gasteiger partial charge in [0.25, 0.3) is 0 Å². The van der Waals surface area contributed by atoms with Crippen molar-refractivity contribution in [3.63, 3.8) is 0 Å². The van der Waals surface area contributed by atoms with Crippen molar-refractivity contribution in [2.45, 2.75) is 51.9 Å². The van der Waals surface area contributed by atoms with Gasteiger partial charge in [-0.05, 0) is 49.8 Å². The molecule has 4 heterocycles. The van der Waals surface area contributed by atoms with E-state index in [4.69, 9.17) is 0 Å². The van der Waals surface area contributed by atoms with Crippen LogP contribution in [0.3, 0.4) is 0 Å². The predicted molar refractivity (Wildman–Crippen MR) is 124 cm³/mol. The van der Waals surface area contributed by atoms with Gasteiger partial charge in [0.05, 0.1) is 41.8 Å². The molecule has 0 radical (unpaired) electrons. The van der Waals surface area contributed by atoms with E-state index >= 15 is 0 Å². The second kappa shape index (κ2) is 9.24. The van der Waals surface area contributed by atoms with Crippen LogP contribution in [0.1, 0.15) is 56.1 Å². The first kappa shape index (κ1) is 24.0. The quantitative estimate of drug-likeness (QED) is 0.688. The van der Waals surface area contributed by atoms with Crippen molar-refractivity contribution in [2.75, 3.05) is 18.0 Å².